The summed E-state index contributed by atoms with van der Waals surface area (Å²) in [7, 11) is 0. The summed E-state index contributed by atoms with van der Waals surface area (Å²) in [5.74, 6) is -0.186. The van der Waals surface area contributed by atoms with E-state index < -0.39 is 5.54 Å². The highest BCUT2D eigenvalue weighted by Crippen LogP contribution is 2.25. The summed E-state index contributed by atoms with van der Waals surface area (Å²) in [5.41, 5.74) is 8.28. The van der Waals surface area contributed by atoms with Crippen LogP contribution in [0.4, 0.5) is 5.13 Å². The Morgan fingerprint density at radius 3 is 2.59 bits per heavy atom. The molecule has 6 heteroatoms. The quantitative estimate of drug-likeness (QED) is 0.865. The van der Waals surface area contributed by atoms with Gasteiger partial charge >= 0.3 is 0 Å². The number of carbonyl (C=O) groups excluding carboxylic acids is 1. The number of nitrogens with zero attached hydrogens (tertiary/aromatic N) is 1. The van der Waals surface area contributed by atoms with E-state index in [0.29, 0.717) is 11.6 Å². The summed E-state index contributed by atoms with van der Waals surface area (Å²) in [6.45, 7) is 5.81. The molecule has 0 saturated carbocycles. The highest BCUT2D eigenvalue weighted by atomic mass is 35.5. The van der Waals surface area contributed by atoms with Crippen molar-refractivity contribution >= 4 is 34.8 Å². The fourth-order valence-corrected chi connectivity index (χ4v) is 2.78. The Morgan fingerprint density at radius 2 is 2.00 bits per heavy atom. The van der Waals surface area contributed by atoms with Gasteiger partial charge in [-0.25, -0.2) is 4.98 Å². The topological polar surface area (TPSA) is 68.0 Å². The summed E-state index contributed by atoms with van der Waals surface area (Å²) >= 11 is 1.41. The van der Waals surface area contributed by atoms with Crippen molar-refractivity contribution in [2.45, 2.75) is 39.2 Å². The molecule has 2 aromatic rings. The molecule has 2 rings (SSSR count). The lowest BCUT2D eigenvalue weighted by molar-refractivity contribution is -0.120. The van der Waals surface area contributed by atoms with Crippen LogP contribution in [0.25, 0.3) is 11.3 Å². The van der Waals surface area contributed by atoms with Crippen molar-refractivity contribution < 1.29 is 4.79 Å². The second kappa shape index (κ2) is 7.72. The number of amides is 1. The molecule has 0 radical (unpaired) electrons. The molecule has 0 spiro atoms. The minimum Gasteiger partial charge on any atom is -0.318 e. The molecule has 0 aliphatic heterocycles. The van der Waals surface area contributed by atoms with Crippen molar-refractivity contribution in [3.05, 3.63) is 35.2 Å². The van der Waals surface area contributed by atoms with Crippen LogP contribution >= 0.6 is 23.7 Å². The molecule has 1 atom stereocenters. The number of carbonyl (C=O) groups is 1. The van der Waals surface area contributed by atoms with Crippen LogP contribution in [0, 0.1) is 6.92 Å². The first-order chi connectivity index (χ1) is 9.92. The Bertz CT molecular complexity index is 623. The molecule has 0 aliphatic rings. The predicted octanol–water partition coefficient (Wildman–Crippen LogP) is 4.00. The first kappa shape index (κ1) is 18.6. The van der Waals surface area contributed by atoms with Crippen molar-refractivity contribution in [3.63, 3.8) is 0 Å². The number of hydrogen-bond acceptors (Lipinski definition) is 4. The zero-order valence-corrected chi connectivity index (χ0v) is 14.7. The van der Waals surface area contributed by atoms with E-state index in [-0.39, 0.29) is 18.3 Å². The van der Waals surface area contributed by atoms with E-state index in [4.69, 9.17) is 5.73 Å². The van der Waals surface area contributed by atoms with Crippen molar-refractivity contribution in [1.82, 2.24) is 4.98 Å². The summed E-state index contributed by atoms with van der Waals surface area (Å²) in [4.78, 5) is 16.6. The SMILES string of the molecule is CCCC(C)(N)C(=O)Nc1nc(-c2ccc(C)cc2)cs1.Cl. The predicted molar refractivity (Wildman–Crippen MR) is 95.7 cm³/mol. The molecule has 0 saturated heterocycles. The van der Waals surface area contributed by atoms with Crippen LogP contribution in [0.3, 0.4) is 0 Å². The number of nitrogens with two attached hydrogens (primary N) is 1. The Balaban J connectivity index is 0.00000242. The average Bonchev–Trinajstić information content (AvgIpc) is 2.88. The van der Waals surface area contributed by atoms with Crippen LogP contribution in [0.2, 0.25) is 0 Å². The van der Waals surface area contributed by atoms with Gasteiger partial charge in [-0.05, 0) is 20.3 Å². The van der Waals surface area contributed by atoms with E-state index in [1.165, 1.54) is 16.9 Å². The summed E-state index contributed by atoms with van der Waals surface area (Å²) in [6, 6.07) is 8.15. The Kier molecular flexibility index (Phi) is 6.53. The third-order valence-corrected chi connectivity index (χ3v) is 4.12. The Hall–Kier alpha value is -1.43. The van der Waals surface area contributed by atoms with Crippen molar-refractivity contribution in [3.8, 4) is 11.3 Å². The smallest absolute Gasteiger partial charge is 0.245 e. The van der Waals surface area contributed by atoms with Gasteiger partial charge in [0.15, 0.2) is 5.13 Å². The van der Waals surface area contributed by atoms with Gasteiger partial charge < -0.3 is 11.1 Å². The van der Waals surface area contributed by atoms with Crippen molar-refractivity contribution in [2.75, 3.05) is 5.32 Å². The molecule has 3 N–H and O–H groups in total. The molecule has 0 aliphatic carbocycles. The van der Waals surface area contributed by atoms with E-state index in [2.05, 4.69) is 10.3 Å². The van der Waals surface area contributed by atoms with Gasteiger partial charge in [0.2, 0.25) is 5.91 Å². The summed E-state index contributed by atoms with van der Waals surface area (Å²) in [5, 5.41) is 5.34. The molecular weight excluding hydrogens is 318 g/mol. The number of rotatable bonds is 5. The zero-order valence-electron chi connectivity index (χ0n) is 13.1. The molecule has 120 valence electrons. The van der Waals surface area contributed by atoms with E-state index in [9.17, 15) is 4.79 Å². The van der Waals surface area contributed by atoms with Gasteiger partial charge in [0.1, 0.15) is 0 Å². The molecule has 1 aromatic carbocycles. The maximum absolute atomic E-state index is 12.1. The van der Waals surface area contributed by atoms with E-state index in [1.807, 2.05) is 43.5 Å². The van der Waals surface area contributed by atoms with Gasteiger partial charge in [-0.1, -0.05) is 43.2 Å². The Labute approximate surface area is 141 Å². The van der Waals surface area contributed by atoms with Gasteiger partial charge in [-0.2, -0.15) is 0 Å². The largest absolute Gasteiger partial charge is 0.318 e. The maximum atomic E-state index is 12.1. The molecule has 4 nitrogen and oxygen atoms in total. The van der Waals surface area contributed by atoms with E-state index in [0.717, 1.165) is 17.7 Å². The van der Waals surface area contributed by atoms with Gasteiger partial charge in [0.05, 0.1) is 11.2 Å². The number of hydrogen-bond donors (Lipinski definition) is 2. The van der Waals surface area contributed by atoms with Crippen LogP contribution in [0.1, 0.15) is 32.3 Å². The molecule has 0 bridgehead atoms. The minimum atomic E-state index is -0.857. The number of aryl methyl sites for hydroxylation is 1. The first-order valence-corrected chi connectivity index (χ1v) is 7.93. The zero-order chi connectivity index (χ0) is 15.5. The van der Waals surface area contributed by atoms with Crippen LogP contribution in [-0.2, 0) is 4.79 Å². The van der Waals surface area contributed by atoms with Crippen molar-refractivity contribution in [1.29, 1.82) is 0 Å². The van der Waals surface area contributed by atoms with Crippen LogP contribution < -0.4 is 11.1 Å². The molecule has 1 heterocycles. The lowest BCUT2D eigenvalue weighted by Crippen LogP contribution is -2.48. The first-order valence-electron chi connectivity index (χ1n) is 7.05. The van der Waals surface area contributed by atoms with Gasteiger partial charge in [-0.3, -0.25) is 4.79 Å². The number of nitrogens with one attached hydrogen (secondary N) is 1. The Morgan fingerprint density at radius 1 is 1.36 bits per heavy atom. The summed E-state index contributed by atoms with van der Waals surface area (Å²) < 4.78 is 0. The third kappa shape index (κ3) is 4.53. The third-order valence-electron chi connectivity index (χ3n) is 3.36. The molecule has 1 amide bonds. The molecule has 22 heavy (non-hydrogen) atoms. The normalized spacial score (nSPS) is 13.1. The van der Waals surface area contributed by atoms with Gasteiger partial charge in [0, 0.05) is 10.9 Å². The minimum absolute atomic E-state index is 0. The highest BCUT2D eigenvalue weighted by molar-refractivity contribution is 7.14. The van der Waals surface area contributed by atoms with Gasteiger partial charge in [0.25, 0.3) is 0 Å². The average molecular weight is 340 g/mol. The number of anilines is 1. The highest BCUT2D eigenvalue weighted by Gasteiger charge is 2.27. The standard InChI is InChI=1S/C16H21N3OS.ClH/c1-4-9-16(3,17)14(20)19-15-18-13(10-21-15)12-7-5-11(2)6-8-12;/h5-8,10H,4,9,17H2,1-3H3,(H,18,19,20);1H. The summed E-state index contributed by atoms with van der Waals surface area (Å²) in [6.07, 6.45) is 1.52. The monoisotopic (exact) mass is 339 g/mol. The number of benzene rings is 1. The van der Waals surface area contributed by atoms with Crippen LogP contribution in [0.5, 0.6) is 0 Å². The fraction of sp³-hybridized carbons (Fsp3) is 0.375. The molecule has 1 unspecified atom stereocenters. The fourth-order valence-electron chi connectivity index (χ4n) is 2.06. The van der Waals surface area contributed by atoms with E-state index in [1.54, 1.807) is 6.92 Å². The van der Waals surface area contributed by atoms with E-state index >= 15 is 0 Å². The lowest BCUT2D eigenvalue weighted by atomic mass is 9.97. The maximum Gasteiger partial charge on any atom is 0.245 e. The van der Waals surface area contributed by atoms with Gasteiger partial charge in [-0.15, -0.1) is 23.7 Å². The molecule has 0 fully saturated rings. The second-order valence-corrected chi connectivity index (χ2v) is 6.38. The second-order valence-electron chi connectivity index (χ2n) is 5.53. The molecule has 1 aromatic heterocycles. The van der Waals surface area contributed by atoms with Crippen LogP contribution in [-0.4, -0.2) is 16.4 Å². The lowest BCUT2D eigenvalue weighted by Gasteiger charge is -2.21. The van der Waals surface area contributed by atoms with Crippen LogP contribution in [0.15, 0.2) is 29.6 Å². The number of thiazole rings is 1. The number of halogens is 1. The van der Waals surface area contributed by atoms with Crippen molar-refractivity contribution in [2.24, 2.45) is 5.73 Å². The number of aromatic nitrogens is 1. The molecular formula is C16H22ClN3OS.